The van der Waals surface area contributed by atoms with Crippen molar-refractivity contribution in [3.05, 3.63) is 95.6 Å². The molecule has 200 valence electrons. The van der Waals surface area contributed by atoms with Gasteiger partial charge in [0.1, 0.15) is 11.5 Å². The topological polar surface area (TPSA) is 80.9 Å². The van der Waals surface area contributed by atoms with Crippen LogP contribution in [-0.2, 0) is 12.4 Å². The van der Waals surface area contributed by atoms with E-state index in [1.54, 1.807) is 0 Å². The Morgan fingerprint density at radius 1 is 0.395 bits per heavy atom. The molecule has 0 aliphatic carbocycles. The van der Waals surface area contributed by atoms with Crippen LogP contribution in [0.2, 0.25) is 0 Å². The van der Waals surface area contributed by atoms with E-state index >= 15 is 0 Å². The van der Waals surface area contributed by atoms with Crippen molar-refractivity contribution in [2.24, 2.45) is 0 Å². The third-order valence-corrected chi connectivity index (χ3v) is 5.17. The summed E-state index contributed by atoms with van der Waals surface area (Å²) >= 11 is 0. The zero-order valence-electron chi connectivity index (χ0n) is 18.7. The Morgan fingerprint density at radius 2 is 0.658 bits per heavy atom. The Labute approximate surface area is 209 Å². The SMILES string of the molecule is Oc1ccc(-c2ccc(O)c(C(F)(F)F)c2)cc1C(F)(F)F.Oc1ccc(-c2ccc(O)c(F)c2)cc1F. The largest absolute Gasteiger partial charge is 0.507 e. The van der Waals surface area contributed by atoms with E-state index < -0.39 is 58.1 Å². The van der Waals surface area contributed by atoms with Crippen LogP contribution in [0, 0.1) is 11.6 Å². The smallest absolute Gasteiger partial charge is 0.419 e. The Bertz CT molecular complexity index is 1350. The number of alkyl halides is 6. The molecule has 4 nitrogen and oxygen atoms in total. The quantitative estimate of drug-likeness (QED) is 0.194. The number of phenolic OH excluding ortho intramolecular Hbond substituents is 4. The molecular formula is C26H16F8O4. The van der Waals surface area contributed by atoms with E-state index in [1.807, 2.05) is 0 Å². The van der Waals surface area contributed by atoms with E-state index in [4.69, 9.17) is 10.2 Å². The maximum Gasteiger partial charge on any atom is 0.419 e. The van der Waals surface area contributed by atoms with Crippen molar-refractivity contribution in [2.45, 2.75) is 12.4 Å². The molecule has 0 radical (unpaired) electrons. The molecule has 4 aromatic rings. The van der Waals surface area contributed by atoms with E-state index in [-0.39, 0.29) is 11.1 Å². The Kier molecular flexibility index (Phi) is 7.75. The zero-order chi connectivity index (χ0) is 28.4. The molecule has 0 aliphatic heterocycles. The van der Waals surface area contributed by atoms with E-state index in [0.717, 1.165) is 36.4 Å². The molecule has 4 N–H and O–H groups in total. The van der Waals surface area contributed by atoms with Crippen LogP contribution in [0.25, 0.3) is 22.3 Å². The van der Waals surface area contributed by atoms with Gasteiger partial charge in [-0.1, -0.05) is 24.3 Å². The highest BCUT2D eigenvalue weighted by molar-refractivity contribution is 5.68. The summed E-state index contributed by atoms with van der Waals surface area (Å²) in [4.78, 5) is 0. The summed E-state index contributed by atoms with van der Waals surface area (Å²) < 4.78 is 102. The van der Waals surface area contributed by atoms with Gasteiger partial charge in [0, 0.05) is 0 Å². The molecule has 4 rings (SSSR count). The van der Waals surface area contributed by atoms with Crippen LogP contribution in [0.5, 0.6) is 23.0 Å². The highest BCUT2D eigenvalue weighted by Crippen LogP contribution is 2.41. The van der Waals surface area contributed by atoms with Crippen LogP contribution in [-0.4, -0.2) is 20.4 Å². The summed E-state index contributed by atoms with van der Waals surface area (Å²) in [5, 5.41) is 36.4. The van der Waals surface area contributed by atoms with Crippen LogP contribution in [0.3, 0.4) is 0 Å². The summed E-state index contributed by atoms with van der Waals surface area (Å²) in [6, 6.07) is 12.2. The summed E-state index contributed by atoms with van der Waals surface area (Å²) in [6.45, 7) is 0. The van der Waals surface area contributed by atoms with Crippen molar-refractivity contribution in [1.82, 2.24) is 0 Å². The van der Waals surface area contributed by atoms with Gasteiger partial charge in [-0.05, 0) is 70.8 Å². The maximum atomic E-state index is 13.1. The molecule has 0 atom stereocenters. The number of aromatic hydroxyl groups is 4. The standard InChI is InChI=1S/C14H8F6O2.C12H8F2O2/c15-13(16,17)9-5-7(1-3-11(9)21)8-2-4-12(22)10(6-8)14(18,19)20;13-9-5-7(1-3-11(9)15)8-2-4-12(16)10(14)6-8/h1-6,21-22H;1-6,15-16H. The van der Waals surface area contributed by atoms with Gasteiger partial charge in [0.05, 0.1) is 11.1 Å². The highest BCUT2D eigenvalue weighted by Gasteiger charge is 2.36. The lowest BCUT2D eigenvalue weighted by molar-refractivity contribution is -0.139. The summed E-state index contributed by atoms with van der Waals surface area (Å²) in [5.74, 6) is -4.50. The fourth-order valence-corrected chi connectivity index (χ4v) is 3.26. The number of phenols is 4. The molecule has 0 amide bonds. The van der Waals surface area contributed by atoms with E-state index in [9.17, 15) is 45.3 Å². The molecule has 0 aliphatic rings. The summed E-state index contributed by atoms with van der Waals surface area (Å²) in [6.07, 6.45) is -9.69. The van der Waals surface area contributed by atoms with Crippen molar-refractivity contribution in [3.8, 4) is 45.3 Å². The summed E-state index contributed by atoms with van der Waals surface area (Å²) in [5.41, 5.74) is -2.20. The van der Waals surface area contributed by atoms with Crippen molar-refractivity contribution >= 4 is 0 Å². The van der Waals surface area contributed by atoms with Crippen LogP contribution in [0.1, 0.15) is 11.1 Å². The Morgan fingerprint density at radius 3 is 0.921 bits per heavy atom. The molecule has 12 heteroatoms. The second kappa shape index (κ2) is 10.5. The molecule has 4 aromatic carbocycles. The minimum atomic E-state index is -4.84. The normalized spacial score (nSPS) is 11.6. The fraction of sp³-hybridized carbons (Fsp3) is 0.0769. The first-order valence-corrected chi connectivity index (χ1v) is 10.4. The number of halogens is 8. The lowest BCUT2D eigenvalue weighted by atomic mass is 9.99. The molecule has 0 unspecified atom stereocenters. The van der Waals surface area contributed by atoms with Crippen LogP contribution in [0.4, 0.5) is 35.1 Å². The summed E-state index contributed by atoms with van der Waals surface area (Å²) in [7, 11) is 0. The Balaban J connectivity index is 0.000000221. The van der Waals surface area contributed by atoms with Crippen LogP contribution < -0.4 is 0 Å². The van der Waals surface area contributed by atoms with Gasteiger partial charge in [0.25, 0.3) is 0 Å². The van der Waals surface area contributed by atoms with Crippen molar-refractivity contribution in [1.29, 1.82) is 0 Å². The maximum absolute atomic E-state index is 13.1. The second-order valence-corrected chi connectivity index (χ2v) is 7.79. The number of hydrogen-bond acceptors (Lipinski definition) is 4. The highest BCUT2D eigenvalue weighted by atomic mass is 19.4. The molecular weight excluding hydrogens is 528 g/mol. The number of hydrogen-bond donors (Lipinski definition) is 4. The van der Waals surface area contributed by atoms with E-state index in [2.05, 4.69) is 0 Å². The van der Waals surface area contributed by atoms with Gasteiger partial charge < -0.3 is 20.4 Å². The first kappa shape index (κ1) is 28.1. The first-order valence-electron chi connectivity index (χ1n) is 10.4. The Hall–Kier alpha value is -4.48. The van der Waals surface area contributed by atoms with Gasteiger partial charge in [-0.25, -0.2) is 8.78 Å². The third kappa shape index (κ3) is 6.44. The van der Waals surface area contributed by atoms with Gasteiger partial charge in [0.15, 0.2) is 23.1 Å². The molecule has 0 fully saturated rings. The van der Waals surface area contributed by atoms with Gasteiger partial charge in [-0.2, -0.15) is 26.3 Å². The third-order valence-electron chi connectivity index (χ3n) is 5.17. The van der Waals surface area contributed by atoms with Gasteiger partial charge in [-0.15, -0.1) is 0 Å². The van der Waals surface area contributed by atoms with Crippen molar-refractivity contribution in [2.75, 3.05) is 0 Å². The van der Waals surface area contributed by atoms with E-state index in [1.165, 1.54) is 24.3 Å². The monoisotopic (exact) mass is 544 g/mol. The van der Waals surface area contributed by atoms with Crippen molar-refractivity contribution < 1.29 is 55.5 Å². The zero-order valence-corrected chi connectivity index (χ0v) is 18.7. The van der Waals surface area contributed by atoms with E-state index in [0.29, 0.717) is 23.3 Å². The minimum Gasteiger partial charge on any atom is -0.507 e. The van der Waals surface area contributed by atoms with Gasteiger partial charge in [-0.3, -0.25) is 0 Å². The molecule has 0 bridgehead atoms. The van der Waals surface area contributed by atoms with Gasteiger partial charge in [0.2, 0.25) is 0 Å². The lowest BCUT2D eigenvalue weighted by Crippen LogP contribution is -2.06. The second-order valence-electron chi connectivity index (χ2n) is 7.79. The predicted octanol–water partition coefficient (Wildman–Crippen LogP) is 7.85. The molecule has 0 spiro atoms. The predicted molar refractivity (Wildman–Crippen MR) is 120 cm³/mol. The molecule has 0 saturated heterocycles. The molecule has 0 saturated carbocycles. The average Bonchev–Trinajstić information content (AvgIpc) is 2.82. The fourth-order valence-electron chi connectivity index (χ4n) is 3.26. The molecule has 0 heterocycles. The minimum absolute atomic E-state index is 0.171. The van der Waals surface area contributed by atoms with Crippen molar-refractivity contribution in [3.63, 3.8) is 0 Å². The lowest BCUT2D eigenvalue weighted by Gasteiger charge is -2.13. The number of rotatable bonds is 2. The number of benzene rings is 4. The van der Waals surface area contributed by atoms with Gasteiger partial charge >= 0.3 is 12.4 Å². The van der Waals surface area contributed by atoms with Crippen LogP contribution in [0.15, 0.2) is 72.8 Å². The first-order chi connectivity index (χ1) is 17.6. The van der Waals surface area contributed by atoms with Crippen LogP contribution >= 0.6 is 0 Å². The average molecular weight is 544 g/mol. The molecule has 38 heavy (non-hydrogen) atoms. The molecule has 0 aromatic heterocycles.